The number of rotatable bonds is 7. The molecule has 0 heterocycles. The topological polar surface area (TPSA) is 81.4 Å². The summed E-state index contributed by atoms with van der Waals surface area (Å²) in [6, 6.07) is 13.9. The minimum Gasteiger partial charge on any atom is -0.494 e. The smallest absolute Gasteiger partial charge is 0.248 e. The molecule has 3 N–H and O–H groups in total. The number of hydrogen-bond donors (Lipinski definition) is 2. The molecule has 2 aromatic carbocycles. The van der Waals surface area contributed by atoms with E-state index in [9.17, 15) is 9.59 Å². The van der Waals surface area contributed by atoms with E-state index in [4.69, 9.17) is 10.5 Å². The van der Waals surface area contributed by atoms with Crippen molar-refractivity contribution in [2.75, 3.05) is 11.9 Å². The number of hydrogen-bond acceptors (Lipinski definition) is 3. The van der Waals surface area contributed by atoms with Gasteiger partial charge in [0.25, 0.3) is 0 Å². The summed E-state index contributed by atoms with van der Waals surface area (Å²) in [7, 11) is 0. The Morgan fingerprint density at radius 1 is 1.08 bits per heavy atom. The Hall–Kier alpha value is -3.08. The van der Waals surface area contributed by atoms with E-state index in [1.165, 1.54) is 6.08 Å². The zero-order valence-corrected chi connectivity index (χ0v) is 13.5. The van der Waals surface area contributed by atoms with Crippen LogP contribution in [0.4, 0.5) is 5.69 Å². The van der Waals surface area contributed by atoms with Gasteiger partial charge in [-0.1, -0.05) is 19.1 Å². The van der Waals surface area contributed by atoms with Gasteiger partial charge < -0.3 is 15.8 Å². The van der Waals surface area contributed by atoms with Crippen LogP contribution in [0.25, 0.3) is 6.08 Å². The van der Waals surface area contributed by atoms with Crippen molar-refractivity contribution in [1.29, 1.82) is 0 Å². The first-order valence-electron chi connectivity index (χ1n) is 7.70. The monoisotopic (exact) mass is 324 g/mol. The largest absolute Gasteiger partial charge is 0.494 e. The molecule has 0 aromatic heterocycles. The number of primary amides is 1. The van der Waals surface area contributed by atoms with Gasteiger partial charge in [-0.25, -0.2) is 0 Å². The molecule has 0 saturated carbocycles. The van der Waals surface area contributed by atoms with Crippen LogP contribution >= 0.6 is 0 Å². The Kier molecular flexibility index (Phi) is 6.14. The Labute approximate surface area is 141 Å². The molecule has 0 radical (unpaired) electrons. The van der Waals surface area contributed by atoms with Crippen LogP contribution in [0.15, 0.2) is 54.6 Å². The van der Waals surface area contributed by atoms with Crippen LogP contribution in [-0.4, -0.2) is 18.4 Å². The Morgan fingerprint density at radius 2 is 1.75 bits per heavy atom. The standard InChI is InChI=1S/C19H20N2O3/c1-2-13-24-17-10-3-14(4-11-17)5-12-18(22)21-16-8-6-15(7-9-16)19(20)23/h3-12H,2,13H2,1H3,(H2,20,23)(H,21,22)/b12-5+. The maximum absolute atomic E-state index is 11.9. The highest BCUT2D eigenvalue weighted by molar-refractivity contribution is 6.02. The van der Waals surface area contributed by atoms with Crippen LogP contribution < -0.4 is 15.8 Å². The number of benzene rings is 2. The molecule has 24 heavy (non-hydrogen) atoms. The Bertz CT molecular complexity index is 719. The molecule has 2 aromatic rings. The number of carbonyl (C=O) groups excluding carboxylic acids is 2. The molecule has 0 unspecified atom stereocenters. The average Bonchev–Trinajstić information content (AvgIpc) is 2.59. The van der Waals surface area contributed by atoms with Crippen molar-refractivity contribution >= 4 is 23.6 Å². The second-order valence-electron chi connectivity index (χ2n) is 5.18. The van der Waals surface area contributed by atoms with E-state index in [1.807, 2.05) is 24.3 Å². The minimum absolute atomic E-state index is 0.256. The summed E-state index contributed by atoms with van der Waals surface area (Å²) in [4.78, 5) is 22.9. The normalized spacial score (nSPS) is 10.5. The molecule has 0 fully saturated rings. The third-order valence-corrected chi connectivity index (χ3v) is 3.22. The second-order valence-corrected chi connectivity index (χ2v) is 5.18. The maximum Gasteiger partial charge on any atom is 0.248 e. The SMILES string of the molecule is CCCOc1ccc(/C=C/C(=O)Nc2ccc(C(N)=O)cc2)cc1. The summed E-state index contributed by atoms with van der Waals surface area (Å²) in [6.45, 7) is 2.74. The van der Waals surface area contributed by atoms with Gasteiger partial charge in [0.1, 0.15) is 5.75 Å². The molecule has 0 aliphatic rings. The van der Waals surface area contributed by atoms with Crippen molar-refractivity contribution in [1.82, 2.24) is 0 Å². The van der Waals surface area contributed by atoms with E-state index in [1.54, 1.807) is 30.3 Å². The summed E-state index contributed by atoms with van der Waals surface area (Å²) in [5, 5.41) is 2.72. The van der Waals surface area contributed by atoms with Gasteiger partial charge in [0, 0.05) is 17.3 Å². The number of nitrogens with one attached hydrogen (secondary N) is 1. The van der Waals surface area contributed by atoms with Crippen LogP contribution in [0.2, 0.25) is 0 Å². The van der Waals surface area contributed by atoms with Crippen molar-refractivity contribution in [2.45, 2.75) is 13.3 Å². The number of nitrogens with two attached hydrogens (primary N) is 1. The molecule has 0 aliphatic heterocycles. The van der Waals surface area contributed by atoms with Gasteiger partial charge in [0.15, 0.2) is 0 Å². The first-order chi connectivity index (χ1) is 11.6. The zero-order valence-electron chi connectivity index (χ0n) is 13.5. The van der Waals surface area contributed by atoms with Gasteiger partial charge >= 0.3 is 0 Å². The zero-order chi connectivity index (χ0) is 17.4. The predicted octanol–water partition coefficient (Wildman–Crippen LogP) is 3.23. The minimum atomic E-state index is -0.501. The molecule has 0 aliphatic carbocycles. The molecule has 2 amide bonds. The van der Waals surface area contributed by atoms with Crippen molar-refractivity contribution in [3.8, 4) is 5.75 Å². The van der Waals surface area contributed by atoms with Crippen LogP contribution in [0.5, 0.6) is 5.75 Å². The molecular formula is C19H20N2O3. The highest BCUT2D eigenvalue weighted by Crippen LogP contribution is 2.14. The van der Waals surface area contributed by atoms with Gasteiger partial charge in [-0.05, 0) is 54.5 Å². The first-order valence-corrected chi connectivity index (χ1v) is 7.70. The summed E-state index contributed by atoms with van der Waals surface area (Å²) in [5.74, 6) is 0.0558. The maximum atomic E-state index is 11.9. The molecule has 5 heteroatoms. The fourth-order valence-corrected chi connectivity index (χ4v) is 1.97. The van der Waals surface area contributed by atoms with E-state index in [2.05, 4.69) is 12.2 Å². The quantitative estimate of drug-likeness (QED) is 0.767. The molecule has 2 rings (SSSR count). The van der Waals surface area contributed by atoms with Gasteiger partial charge in [-0.2, -0.15) is 0 Å². The summed E-state index contributed by atoms with van der Waals surface area (Å²) < 4.78 is 5.50. The van der Waals surface area contributed by atoms with Crippen LogP contribution in [0.3, 0.4) is 0 Å². The van der Waals surface area contributed by atoms with Gasteiger partial charge in [0.2, 0.25) is 11.8 Å². The lowest BCUT2D eigenvalue weighted by Crippen LogP contribution is -2.11. The number of anilines is 1. The molecule has 0 spiro atoms. The van der Waals surface area contributed by atoms with E-state index < -0.39 is 5.91 Å². The van der Waals surface area contributed by atoms with Crippen LogP contribution in [0.1, 0.15) is 29.3 Å². The highest BCUT2D eigenvalue weighted by Gasteiger charge is 2.01. The molecule has 0 saturated heterocycles. The average molecular weight is 324 g/mol. The lowest BCUT2D eigenvalue weighted by molar-refractivity contribution is -0.111. The third kappa shape index (κ3) is 5.28. The molecular weight excluding hydrogens is 304 g/mol. The van der Waals surface area contributed by atoms with Gasteiger partial charge in [-0.15, -0.1) is 0 Å². The van der Waals surface area contributed by atoms with E-state index >= 15 is 0 Å². The Balaban J connectivity index is 1.91. The first kappa shape index (κ1) is 17.3. The molecule has 0 bridgehead atoms. The van der Waals surface area contributed by atoms with Crippen molar-refractivity contribution in [3.63, 3.8) is 0 Å². The lowest BCUT2D eigenvalue weighted by Gasteiger charge is -2.04. The van der Waals surface area contributed by atoms with E-state index in [0.717, 1.165) is 17.7 Å². The van der Waals surface area contributed by atoms with Crippen LogP contribution in [-0.2, 0) is 4.79 Å². The molecule has 124 valence electrons. The lowest BCUT2D eigenvalue weighted by atomic mass is 10.2. The van der Waals surface area contributed by atoms with Crippen molar-refractivity contribution in [2.24, 2.45) is 5.73 Å². The molecule has 5 nitrogen and oxygen atoms in total. The third-order valence-electron chi connectivity index (χ3n) is 3.22. The van der Waals surface area contributed by atoms with Crippen LogP contribution in [0, 0.1) is 0 Å². The van der Waals surface area contributed by atoms with Crippen molar-refractivity contribution in [3.05, 3.63) is 65.7 Å². The summed E-state index contributed by atoms with van der Waals surface area (Å²) >= 11 is 0. The number of ether oxygens (including phenoxy) is 1. The Morgan fingerprint density at radius 3 is 2.33 bits per heavy atom. The molecule has 0 atom stereocenters. The van der Waals surface area contributed by atoms with Crippen molar-refractivity contribution < 1.29 is 14.3 Å². The van der Waals surface area contributed by atoms with E-state index in [0.29, 0.717) is 17.9 Å². The summed E-state index contributed by atoms with van der Waals surface area (Å²) in [6.07, 6.45) is 4.13. The predicted molar refractivity (Wildman–Crippen MR) is 94.9 cm³/mol. The fourth-order valence-electron chi connectivity index (χ4n) is 1.97. The van der Waals surface area contributed by atoms with Gasteiger partial charge in [-0.3, -0.25) is 9.59 Å². The van der Waals surface area contributed by atoms with E-state index in [-0.39, 0.29) is 5.91 Å². The fraction of sp³-hybridized carbons (Fsp3) is 0.158. The summed E-state index contributed by atoms with van der Waals surface area (Å²) in [5.41, 5.74) is 7.06. The number of carbonyl (C=O) groups is 2. The van der Waals surface area contributed by atoms with Gasteiger partial charge in [0.05, 0.1) is 6.61 Å². The second kappa shape index (κ2) is 8.53. The highest BCUT2D eigenvalue weighted by atomic mass is 16.5. The number of amides is 2.